The van der Waals surface area contributed by atoms with Crippen molar-refractivity contribution < 1.29 is 4.86 Å². The molecule has 2 heterocycles. The number of rotatable bonds is 0. The Bertz CT molecular complexity index is 185. The molecule has 0 saturated heterocycles. The van der Waals surface area contributed by atoms with Gasteiger partial charge < -0.3 is 5.21 Å². The monoisotopic (exact) mass is 124 g/mol. The molecule has 2 unspecified atom stereocenters. The summed E-state index contributed by atoms with van der Waals surface area (Å²) in [5.74, 6) is 0. The molecule has 0 amide bonds. The average molecular weight is 124 g/mol. The first kappa shape index (κ1) is 4.97. The molecule has 0 N–H and O–H groups in total. The molecule has 48 valence electrons. The van der Waals surface area contributed by atoms with Gasteiger partial charge in [-0.1, -0.05) is 10.9 Å². The lowest BCUT2D eigenvalue weighted by atomic mass is 9.98. The van der Waals surface area contributed by atoms with Gasteiger partial charge in [-0.3, -0.25) is 0 Å². The summed E-state index contributed by atoms with van der Waals surface area (Å²) >= 11 is 0. The minimum atomic E-state index is 0.0509. The van der Waals surface area contributed by atoms with Crippen LogP contribution in [-0.2, 0) is 0 Å². The second kappa shape index (κ2) is 1.56. The van der Waals surface area contributed by atoms with Gasteiger partial charge in [0, 0.05) is 6.42 Å². The van der Waals surface area contributed by atoms with Crippen molar-refractivity contribution in [1.82, 2.24) is 0 Å². The van der Waals surface area contributed by atoms with Gasteiger partial charge in [-0.25, -0.2) is 0 Å². The van der Waals surface area contributed by atoms with E-state index in [9.17, 15) is 5.21 Å². The van der Waals surface area contributed by atoms with Gasteiger partial charge in [0.25, 0.3) is 0 Å². The Labute approximate surface area is 53.3 Å². The van der Waals surface area contributed by atoms with Gasteiger partial charge >= 0.3 is 0 Å². The van der Waals surface area contributed by atoms with E-state index >= 15 is 0 Å². The second-order valence-electron chi connectivity index (χ2n) is 2.51. The lowest BCUT2D eigenvalue weighted by Crippen LogP contribution is -2.30. The Morgan fingerprint density at radius 3 is 2.56 bits per heavy atom. The number of hydroxylamine groups is 1. The molecule has 3 aliphatic rings. The van der Waals surface area contributed by atoms with Crippen molar-refractivity contribution in [3.8, 4) is 0 Å². The summed E-state index contributed by atoms with van der Waals surface area (Å²) in [6, 6.07) is 0.238. The first-order chi connectivity index (χ1) is 4.36. The highest BCUT2D eigenvalue weighted by molar-refractivity contribution is 5.03. The van der Waals surface area contributed by atoms with Crippen LogP contribution in [0.25, 0.3) is 0 Å². The number of hydrogen-bond donors (Lipinski definition) is 0. The number of fused-ring (bicyclic) bond motifs is 1. The van der Waals surface area contributed by atoms with E-state index in [0.29, 0.717) is 0 Å². The molecular weight excluding hydrogens is 116 g/mol. The third-order valence-electron chi connectivity index (χ3n) is 1.86. The van der Waals surface area contributed by atoms with Crippen molar-refractivity contribution in [2.75, 3.05) is 0 Å². The van der Waals surface area contributed by atoms with Crippen LogP contribution in [0.4, 0.5) is 0 Å². The van der Waals surface area contributed by atoms with E-state index in [0.717, 1.165) is 17.7 Å². The Morgan fingerprint density at radius 2 is 2.33 bits per heavy atom. The largest absolute Gasteiger partial charge is 0.599 e. The number of nitrogens with zero attached hydrogens (tertiary/aromatic N) is 2. The minimum absolute atomic E-state index is 0.0509. The molecule has 3 nitrogen and oxygen atoms in total. The Kier molecular flexibility index (Phi) is 0.860. The predicted octanol–water partition coefficient (Wildman–Crippen LogP) is 1.05. The van der Waals surface area contributed by atoms with E-state index in [4.69, 9.17) is 0 Å². The summed E-state index contributed by atoms with van der Waals surface area (Å²) in [7, 11) is 0. The topological polar surface area (TPSA) is 38.4 Å². The summed E-state index contributed by atoms with van der Waals surface area (Å²) in [5, 5.41) is 14.6. The van der Waals surface area contributed by atoms with Gasteiger partial charge in [0.2, 0.25) is 6.04 Å². The number of hydrogen-bond acceptors (Lipinski definition) is 2. The molecular formula is C6H8N2O. The standard InChI is InChI=1S/C6H8N2O/c9-8-6-3-1-5(7-8)2-4-6/h1,3,5-6H,2,4H2. The van der Waals surface area contributed by atoms with Gasteiger partial charge in [0.15, 0.2) is 0 Å². The van der Waals surface area contributed by atoms with Gasteiger partial charge in [-0.05, 0) is 17.6 Å². The molecule has 2 atom stereocenters. The van der Waals surface area contributed by atoms with Crippen LogP contribution in [0.15, 0.2) is 17.3 Å². The first-order valence-corrected chi connectivity index (χ1v) is 3.22. The molecule has 0 saturated carbocycles. The van der Waals surface area contributed by atoms with Gasteiger partial charge in [-0.2, -0.15) is 0 Å². The van der Waals surface area contributed by atoms with Crippen molar-refractivity contribution >= 4 is 0 Å². The van der Waals surface area contributed by atoms with Crippen LogP contribution in [0.5, 0.6) is 0 Å². The highest BCUT2D eigenvalue weighted by Crippen LogP contribution is 2.22. The molecule has 0 aromatic rings. The molecule has 3 heteroatoms. The lowest BCUT2D eigenvalue weighted by molar-refractivity contribution is -0.570. The molecule has 2 aliphatic heterocycles. The predicted molar refractivity (Wildman–Crippen MR) is 32.0 cm³/mol. The Hall–Kier alpha value is -0.860. The summed E-state index contributed by atoms with van der Waals surface area (Å²) in [6.45, 7) is 0. The van der Waals surface area contributed by atoms with Crippen molar-refractivity contribution in [1.29, 1.82) is 0 Å². The smallest absolute Gasteiger partial charge is 0.208 e. The van der Waals surface area contributed by atoms with Crippen LogP contribution in [0.2, 0.25) is 0 Å². The molecule has 9 heavy (non-hydrogen) atoms. The maximum Gasteiger partial charge on any atom is 0.208 e. The molecule has 2 bridgehead atoms. The maximum atomic E-state index is 10.8. The zero-order chi connectivity index (χ0) is 6.27. The lowest BCUT2D eigenvalue weighted by Gasteiger charge is -2.22. The van der Waals surface area contributed by atoms with Crippen molar-refractivity contribution in [2.24, 2.45) is 5.11 Å². The summed E-state index contributed by atoms with van der Waals surface area (Å²) < 4.78 is 0. The van der Waals surface area contributed by atoms with Gasteiger partial charge in [0.05, 0.1) is 0 Å². The molecule has 0 spiro atoms. The van der Waals surface area contributed by atoms with Gasteiger partial charge in [-0.15, -0.1) is 0 Å². The summed E-state index contributed by atoms with van der Waals surface area (Å²) in [6.07, 6.45) is 6.00. The fourth-order valence-electron chi connectivity index (χ4n) is 1.30. The van der Waals surface area contributed by atoms with Crippen LogP contribution in [0, 0.1) is 5.21 Å². The fourth-order valence-corrected chi connectivity index (χ4v) is 1.30. The highest BCUT2D eigenvalue weighted by atomic mass is 16.5. The van der Waals surface area contributed by atoms with E-state index in [-0.39, 0.29) is 12.1 Å². The first-order valence-electron chi connectivity index (χ1n) is 3.22. The third kappa shape index (κ3) is 0.642. The summed E-state index contributed by atoms with van der Waals surface area (Å²) in [4.78, 5) is 0.828. The number of azo groups is 1. The van der Waals surface area contributed by atoms with Gasteiger partial charge in [0.1, 0.15) is 6.04 Å². The average Bonchev–Trinajstić information content (AvgIpc) is 1.90. The molecule has 0 fully saturated rings. The summed E-state index contributed by atoms with van der Waals surface area (Å²) in [5.41, 5.74) is 0. The zero-order valence-electron chi connectivity index (χ0n) is 5.03. The molecule has 1 aliphatic carbocycles. The van der Waals surface area contributed by atoms with Crippen LogP contribution in [0.1, 0.15) is 12.8 Å². The molecule has 0 radical (unpaired) electrons. The molecule has 3 rings (SSSR count). The minimum Gasteiger partial charge on any atom is -0.599 e. The Balaban J connectivity index is 2.34. The molecule has 0 aromatic carbocycles. The van der Waals surface area contributed by atoms with Crippen molar-refractivity contribution in [3.63, 3.8) is 0 Å². The van der Waals surface area contributed by atoms with E-state index in [1.165, 1.54) is 0 Å². The van der Waals surface area contributed by atoms with E-state index in [1.54, 1.807) is 0 Å². The molecule has 0 aromatic heterocycles. The van der Waals surface area contributed by atoms with Crippen LogP contribution in [0.3, 0.4) is 0 Å². The maximum absolute atomic E-state index is 10.8. The zero-order valence-corrected chi connectivity index (χ0v) is 5.03. The van der Waals surface area contributed by atoms with Crippen molar-refractivity contribution in [2.45, 2.75) is 24.9 Å². The van der Waals surface area contributed by atoms with E-state index in [2.05, 4.69) is 5.11 Å². The van der Waals surface area contributed by atoms with Crippen LogP contribution in [-0.4, -0.2) is 16.9 Å². The normalized spacial score (nSPS) is 38.9. The van der Waals surface area contributed by atoms with E-state index in [1.807, 2.05) is 12.2 Å². The SMILES string of the molecule is [O-][N+]1=NC2C=CC1CC2. The van der Waals surface area contributed by atoms with E-state index < -0.39 is 0 Å². The fraction of sp³-hybridized carbons (Fsp3) is 0.667. The van der Waals surface area contributed by atoms with Crippen LogP contribution < -0.4 is 0 Å². The highest BCUT2D eigenvalue weighted by Gasteiger charge is 2.28. The second-order valence-corrected chi connectivity index (χ2v) is 2.51. The Morgan fingerprint density at radius 1 is 1.44 bits per heavy atom. The quantitative estimate of drug-likeness (QED) is 0.270. The third-order valence-corrected chi connectivity index (χ3v) is 1.86. The van der Waals surface area contributed by atoms with Crippen molar-refractivity contribution in [3.05, 3.63) is 17.4 Å². The van der Waals surface area contributed by atoms with Crippen LogP contribution >= 0.6 is 0 Å².